The van der Waals surface area contributed by atoms with Gasteiger partial charge in [0, 0.05) is 32.3 Å². The molecule has 0 aliphatic heterocycles. The van der Waals surface area contributed by atoms with Gasteiger partial charge >= 0.3 is 5.97 Å². The highest BCUT2D eigenvalue weighted by atomic mass is 16.4. The first-order valence-corrected chi connectivity index (χ1v) is 6.45. The third-order valence-corrected chi connectivity index (χ3v) is 2.81. The molecular formula is C12H20N4O3. The fourth-order valence-corrected chi connectivity index (χ4v) is 1.81. The van der Waals surface area contributed by atoms with E-state index in [1.54, 1.807) is 15.8 Å². The van der Waals surface area contributed by atoms with E-state index in [9.17, 15) is 9.59 Å². The summed E-state index contributed by atoms with van der Waals surface area (Å²) in [4.78, 5) is 24.0. The molecule has 0 radical (unpaired) electrons. The zero-order valence-corrected chi connectivity index (χ0v) is 11.4. The van der Waals surface area contributed by atoms with E-state index in [1.165, 1.54) is 0 Å². The molecule has 0 aliphatic carbocycles. The minimum Gasteiger partial charge on any atom is -0.481 e. The smallest absolute Gasteiger partial charge is 0.309 e. The minimum atomic E-state index is -0.927. The van der Waals surface area contributed by atoms with Gasteiger partial charge in [0.05, 0.1) is 12.1 Å². The molecule has 0 saturated carbocycles. The van der Waals surface area contributed by atoms with Crippen LogP contribution in [0.25, 0.3) is 0 Å². The Morgan fingerprint density at radius 2 is 2.05 bits per heavy atom. The zero-order valence-electron chi connectivity index (χ0n) is 11.4. The Morgan fingerprint density at radius 3 is 2.63 bits per heavy atom. The SMILES string of the molecule is CCN(CC)C(=O)CCCn1cc(CC(=O)O)nn1. The van der Waals surface area contributed by atoms with Crippen LogP contribution in [-0.4, -0.2) is 50.0 Å². The predicted molar refractivity (Wildman–Crippen MR) is 68.5 cm³/mol. The number of nitrogens with zero attached hydrogens (tertiary/aromatic N) is 4. The van der Waals surface area contributed by atoms with Crippen molar-refractivity contribution in [1.29, 1.82) is 0 Å². The number of hydrogen-bond donors (Lipinski definition) is 1. The van der Waals surface area contributed by atoms with Crippen LogP contribution in [0.3, 0.4) is 0 Å². The number of aromatic nitrogens is 3. The van der Waals surface area contributed by atoms with Crippen molar-refractivity contribution in [3.63, 3.8) is 0 Å². The Balaban J connectivity index is 2.35. The van der Waals surface area contributed by atoms with E-state index >= 15 is 0 Å². The summed E-state index contributed by atoms with van der Waals surface area (Å²) in [6.07, 6.45) is 2.62. The maximum Gasteiger partial charge on any atom is 0.309 e. The van der Waals surface area contributed by atoms with Gasteiger partial charge in [0.1, 0.15) is 0 Å². The average molecular weight is 268 g/mol. The molecular weight excluding hydrogens is 248 g/mol. The molecule has 0 aromatic carbocycles. The third kappa shape index (κ3) is 5.07. The molecule has 1 aromatic heterocycles. The monoisotopic (exact) mass is 268 g/mol. The van der Waals surface area contributed by atoms with Crippen molar-refractivity contribution >= 4 is 11.9 Å². The number of carbonyl (C=O) groups is 2. The second-order valence-corrected chi connectivity index (χ2v) is 4.21. The van der Waals surface area contributed by atoms with E-state index in [-0.39, 0.29) is 12.3 Å². The Bertz CT molecular complexity index is 426. The summed E-state index contributed by atoms with van der Waals surface area (Å²) < 4.78 is 1.58. The maximum atomic E-state index is 11.7. The van der Waals surface area contributed by atoms with Crippen LogP contribution >= 0.6 is 0 Å². The van der Waals surface area contributed by atoms with Gasteiger partial charge < -0.3 is 10.0 Å². The van der Waals surface area contributed by atoms with Crippen LogP contribution in [0.15, 0.2) is 6.20 Å². The Hall–Kier alpha value is -1.92. The molecule has 7 heteroatoms. The second-order valence-electron chi connectivity index (χ2n) is 4.21. The van der Waals surface area contributed by atoms with Crippen LogP contribution in [0.2, 0.25) is 0 Å². The van der Waals surface area contributed by atoms with Crippen molar-refractivity contribution in [2.75, 3.05) is 13.1 Å². The lowest BCUT2D eigenvalue weighted by Crippen LogP contribution is -2.30. The van der Waals surface area contributed by atoms with Crippen molar-refractivity contribution in [3.8, 4) is 0 Å². The summed E-state index contributed by atoms with van der Waals surface area (Å²) in [7, 11) is 0. The topological polar surface area (TPSA) is 88.3 Å². The molecule has 0 unspecified atom stereocenters. The molecule has 1 heterocycles. The van der Waals surface area contributed by atoms with Gasteiger partial charge in [0.25, 0.3) is 0 Å². The van der Waals surface area contributed by atoms with Crippen molar-refractivity contribution in [2.24, 2.45) is 0 Å². The van der Waals surface area contributed by atoms with Gasteiger partial charge in [-0.15, -0.1) is 5.10 Å². The van der Waals surface area contributed by atoms with E-state index in [2.05, 4.69) is 10.3 Å². The fourth-order valence-electron chi connectivity index (χ4n) is 1.81. The van der Waals surface area contributed by atoms with Crippen LogP contribution in [0, 0.1) is 0 Å². The maximum absolute atomic E-state index is 11.7. The number of carbonyl (C=O) groups excluding carboxylic acids is 1. The molecule has 0 spiro atoms. The lowest BCUT2D eigenvalue weighted by atomic mass is 10.2. The van der Waals surface area contributed by atoms with Crippen LogP contribution < -0.4 is 0 Å². The minimum absolute atomic E-state index is 0.127. The Labute approximate surface area is 112 Å². The van der Waals surface area contributed by atoms with Crippen molar-refractivity contribution in [1.82, 2.24) is 19.9 Å². The molecule has 1 aromatic rings. The molecule has 1 rings (SSSR count). The first-order valence-electron chi connectivity index (χ1n) is 6.45. The second kappa shape index (κ2) is 7.50. The number of hydrogen-bond acceptors (Lipinski definition) is 4. The quantitative estimate of drug-likeness (QED) is 0.744. The average Bonchev–Trinajstić information content (AvgIpc) is 2.77. The lowest BCUT2D eigenvalue weighted by Gasteiger charge is -2.18. The van der Waals surface area contributed by atoms with Crippen molar-refractivity contribution in [2.45, 2.75) is 39.7 Å². The van der Waals surface area contributed by atoms with Gasteiger partial charge in [0.15, 0.2) is 0 Å². The first kappa shape index (κ1) is 15.1. The standard InChI is InChI=1S/C12H20N4O3/c1-3-15(4-2)11(17)6-5-7-16-9-10(13-14-16)8-12(18)19/h9H,3-8H2,1-2H3,(H,18,19). The predicted octanol–water partition coefficient (Wildman–Crippen LogP) is 0.554. The van der Waals surface area contributed by atoms with Crippen LogP contribution in [-0.2, 0) is 22.6 Å². The number of aryl methyl sites for hydroxylation is 1. The highest BCUT2D eigenvalue weighted by Crippen LogP contribution is 2.01. The van der Waals surface area contributed by atoms with E-state index in [1.807, 2.05) is 13.8 Å². The number of carboxylic acids is 1. The third-order valence-electron chi connectivity index (χ3n) is 2.81. The van der Waals surface area contributed by atoms with Crippen LogP contribution in [0.1, 0.15) is 32.4 Å². The van der Waals surface area contributed by atoms with E-state index in [0.29, 0.717) is 25.1 Å². The van der Waals surface area contributed by atoms with Crippen LogP contribution in [0.5, 0.6) is 0 Å². The molecule has 1 N–H and O–H groups in total. The Morgan fingerprint density at radius 1 is 1.37 bits per heavy atom. The molecule has 0 bridgehead atoms. The summed E-state index contributed by atoms with van der Waals surface area (Å²) in [6, 6.07) is 0. The molecule has 0 aliphatic rings. The number of amides is 1. The largest absolute Gasteiger partial charge is 0.481 e. The van der Waals surface area contributed by atoms with E-state index in [4.69, 9.17) is 5.11 Å². The number of carboxylic acid groups (broad SMARTS) is 1. The summed E-state index contributed by atoms with van der Waals surface area (Å²) >= 11 is 0. The van der Waals surface area contributed by atoms with Gasteiger partial charge in [-0.3, -0.25) is 14.3 Å². The molecule has 0 atom stereocenters. The molecule has 7 nitrogen and oxygen atoms in total. The molecule has 0 saturated heterocycles. The van der Waals surface area contributed by atoms with Gasteiger partial charge in [-0.25, -0.2) is 0 Å². The van der Waals surface area contributed by atoms with Gasteiger partial charge in [-0.1, -0.05) is 5.21 Å². The highest BCUT2D eigenvalue weighted by molar-refractivity contribution is 5.76. The molecule has 19 heavy (non-hydrogen) atoms. The molecule has 0 fully saturated rings. The first-order chi connectivity index (χ1) is 9.06. The van der Waals surface area contributed by atoms with Gasteiger partial charge in [-0.2, -0.15) is 0 Å². The van der Waals surface area contributed by atoms with Crippen molar-refractivity contribution in [3.05, 3.63) is 11.9 Å². The van der Waals surface area contributed by atoms with Gasteiger partial charge in [0.2, 0.25) is 5.91 Å². The van der Waals surface area contributed by atoms with Gasteiger partial charge in [-0.05, 0) is 20.3 Å². The number of rotatable bonds is 8. The summed E-state index contributed by atoms with van der Waals surface area (Å²) in [6.45, 7) is 5.93. The van der Waals surface area contributed by atoms with Crippen LogP contribution in [0.4, 0.5) is 0 Å². The summed E-state index contributed by atoms with van der Waals surface area (Å²) in [5.74, 6) is -0.792. The summed E-state index contributed by atoms with van der Waals surface area (Å²) in [5.41, 5.74) is 0.433. The van der Waals surface area contributed by atoms with E-state index in [0.717, 1.165) is 13.1 Å². The molecule has 1 amide bonds. The highest BCUT2D eigenvalue weighted by Gasteiger charge is 2.09. The fraction of sp³-hybridized carbons (Fsp3) is 0.667. The lowest BCUT2D eigenvalue weighted by molar-refractivity contribution is -0.136. The zero-order chi connectivity index (χ0) is 14.3. The normalized spacial score (nSPS) is 10.4. The molecule has 106 valence electrons. The van der Waals surface area contributed by atoms with Crippen molar-refractivity contribution < 1.29 is 14.7 Å². The summed E-state index contributed by atoms with van der Waals surface area (Å²) in [5, 5.41) is 16.2. The Kier molecular flexibility index (Phi) is 5.98. The van der Waals surface area contributed by atoms with E-state index < -0.39 is 5.97 Å². The number of aliphatic carboxylic acids is 1.